The first-order valence-corrected chi connectivity index (χ1v) is 4.83. The number of nitrogen functional groups attached to an aromatic ring is 1. The number of nitrogens with two attached hydrogens (primary N) is 1. The Labute approximate surface area is 79.0 Å². The molecule has 1 fully saturated rings. The molecule has 1 heterocycles. The van der Waals surface area contributed by atoms with Gasteiger partial charge in [-0.15, -0.1) is 0 Å². The maximum atomic E-state index is 6.03. The summed E-state index contributed by atoms with van der Waals surface area (Å²) in [4.78, 5) is 4.39. The summed E-state index contributed by atoms with van der Waals surface area (Å²) >= 11 is 0. The van der Waals surface area contributed by atoms with Crippen LogP contribution in [0, 0.1) is 0 Å². The number of aromatic nitrogens is 2. The van der Waals surface area contributed by atoms with Gasteiger partial charge < -0.3 is 10.3 Å². The van der Waals surface area contributed by atoms with E-state index in [9.17, 15) is 0 Å². The van der Waals surface area contributed by atoms with Crippen molar-refractivity contribution in [3.63, 3.8) is 0 Å². The molecule has 0 atom stereocenters. The molecule has 0 saturated heterocycles. The van der Waals surface area contributed by atoms with Gasteiger partial charge in [-0.3, -0.25) is 0 Å². The second kappa shape index (κ2) is 2.50. The van der Waals surface area contributed by atoms with E-state index in [1.807, 2.05) is 6.33 Å². The van der Waals surface area contributed by atoms with Crippen LogP contribution >= 0.6 is 0 Å². The minimum Gasteiger partial charge on any atom is -0.384 e. The minimum atomic E-state index is 0.0597. The zero-order valence-electron chi connectivity index (χ0n) is 8.54. The van der Waals surface area contributed by atoms with E-state index in [0.717, 1.165) is 11.5 Å². The van der Waals surface area contributed by atoms with E-state index in [4.69, 9.17) is 5.73 Å². The topological polar surface area (TPSA) is 43.8 Å². The molecular weight excluding hydrogens is 162 g/mol. The summed E-state index contributed by atoms with van der Waals surface area (Å²) in [5, 5.41) is 0. The highest BCUT2D eigenvalue weighted by Crippen LogP contribution is 2.39. The lowest BCUT2D eigenvalue weighted by molar-refractivity contribution is 0.574. The Bertz CT molecular complexity index is 315. The summed E-state index contributed by atoms with van der Waals surface area (Å²) in [5.41, 5.74) is 7.12. The van der Waals surface area contributed by atoms with Crippen LogP contribution in [0.2, 0.25) is 0 Å². The molecule has 2 rings (SSSR count). The second-order valence-corrected chi connectivity index (χ2v) is 4.87. The Morgan fingerprint density at radius 2 is 2.08 bits per heavy atom. The summed E-state index contributed by atoms with van der Waals surface area (Å²) in [7, 11) is 0. The lowest BCUT2D eigenvalue weighted by atomic mass is 9.92. The van der Waals surface area contributed by atoms with Gasteiger partial charge in [0.25, 0.3) is 0 Å². The average molecular weight is 179 g/mol. The van der Waals surface area contributed by atoms with Gasteiger partial charge in [-0.2, -0.15) is 0 Å². The maximum Gasteiger partial charge on any atom is 0.127 e. The minimum absolute atomic E-state index is 0.0597. The van der Waals surface area contributed by atoms with Crippen molar-refractivity contribution in [2.24, 2.45) is 0 Å². The van der Waals surface area contributed by atoms with Gasteiger partial charge in [-0.05, 0) is 12.8 Å². The fraction of sp³-hybridized carbons (Fsp3) is 0.700. The summed E-state index contributed by atoms with van der Waals surface area (Å²) in [6, 6.07) is 0.628. The molecule has 0 unspecified atom stereocenters. The molecule has 2 N–H and O–H groups in total. The zero-order chi connectivity index (χ0) is 9.64. The highest BCUT2D eigenvalue weighted by molar-refractivity contribution is 5.41. The van der Waals surface area contributed by atoms with E-state index in [-0.39, 0.29) is 5.41 Å². The first-order valence-electron chi connectivity index (χ1n) is 4.83. The van der Waals surface area contributed by atoms with Crippen LogP contribution in [0.4, 0.5) is 5.82 Å². The molecule has 72 valence electrons. The smallest absolute Gasteiger partial charge is 0.127 e. The second-order valence-electron chi connectivity index (χ2n) is 4.87. The summed E-state index contributed by atoms with van der Waals surface area (Å²) in [6.07, 6.45) is 4.39. The molecule has 1 aromatic heterocycles. The van der Waals surface area contributed by atoms with Crippen molar-refractivity contribution in [2.75, 3.05) is 5.73 Å². The van der Waals surface area contributed by atoms with Crippen molar-refractivity contribution < 1.29 is 0 Å². The zero-order valence-corrected chi connectivity index (χ0v) is 8.54. The van der Waals surface area contributed by atoms with Crippen LogP contribution in [-0.4, -0.2) is 9.55 Å². The molecule has 1 saturated carbocycles. The van der Waals surface area contributed by atoms with Gasteiger partial charge in [0, 0.05) is 11.5 Å². The van der Waals surface area contributed by atoms with E-state index in [1.165, 1.54) is 12.8 Å². The quantitative estimate of drug-likeness (QED) is 0.717. The lowest BCUT2D eigenvalue weighted by Crippen LogP contribution is -2.15. The standard InChI is InChI=1S/C10H17N3/c1-10(2,3)8-9(11)13(6-12-8)7-4-5-7/h6-7H,4-5,11H2,1-3H3. The number of nitrogens with zero attached hydrogens (tertiary/aromatic N) is 2. The van der Waals surface area contributed by atoms with Crippen molar-refractivity contribution >= 4 is 5.82 Å². The molecule has 0 spiro atoms. The van der Waals surface area contributed by atoms with Gasteiger partial charge >= 0.3 is 0 Å². The van der Waals surface area contributed by atoms with Crippen LogP contribution < -0.4 is 5.73 Å². The number of rotatable bonds is 1. The van der Waals surface area contributed by atoms with Crippen molar-refractivity contribution in [1.29, 1.82) is 0 Å². The van der Waals surface area contributed by atoms with Crippen LogP contribution in [0.15, 0.2) is 6.33 Å². The van der Waals surface area contributed by atoms with Crippen LogP contribution in [0.25, 0.3) is 0 Å². The van der Waals surface area contributed by atoms with Crippen LogP contribution in [-0.2, 0) is 5.41 Å². The van der Waals surface area contributed by atoms with Crippen LogP contribution in [0.5, 0.6) is 0 Å². The Morgan fingerprint density at radius 3 is 2.46 bits per heavy atom. The largest absolute Gasteiger partial charge is 0.384 e. The van der Waals surface area contributed by atoms with E-state index < -0.39 is 0 Å². The number of hydrogen-bond acceptors (Lipinski definition) is 2. The molecule has 1 aliphatic rings. The average Bonchev–Trinajstić information content (AvgIpc) is 2.73. The van der Waals surface area contributed by atoms with Gasteiger partial charge in [0.2, 0.25) is 0 Å². The molecule has 0 bridgehead atoms. The third-order valence-corrected chi connectivity index (χ3v) is 2.48. The fourth-order valence-corrected chi connectivity index (χ4v) is 1.59. The molecule has 0 aliphatic heterocycles. The molecule has 0 radical (unpaired) electrons. The third-order valence-electron chi connectivity index (χ3n) is 2.48. The van der Waals surface area contributed by atoms with Gasteiger partial charge in [0.05, 0.1) is 12.0 Å². The van der Waals surface area contributed by atoms with Crippen LogP contribution in [0.3, 0.4) is 0 Å². The predicted octanol–water partition coefficient (Wildman–Crippen LogP) is 2.10. The van der Waals surface area contributed by atoms with E-state index >= 15 is 0 Å². The van der Waals surface area contributed by atoms with E-state index in [2.05, 4.69) is 30.3 Å². The Morgan fingerprint density at radius 1 is 1.46 bits per heavy atom. The third kappa shape index (κ3) is 1.43. The SMILES string of the molecule is CC(C)(C)c1ncn(C2CC2)c1N. The molecule has 1 aromatic rings. The first-order chi connectivity index (χ1) is 6.00. The normalized spacial score (nSPS) is 17.8. The van der Waals surface area contributed by atoms with Crippen LogP contribution in [0.1, 0.15) is 45.3 Å². The molecule has 0 amide bonds. The predicted molar refractivity (Wildman–Crippen MR) is 53.6 cm³/mol. The lowest BCUT2D eigenvalue weighted by Gasteiger charge is -2.16. The molecule has 1 aliphatic carbocycles. The summed E-state index contributed by atoms with van der Waals surface area (Å²) < 4.78 is 2.11. The monoisotopic (exact) mass is 179 g/mol. The first kappa shape index (κ1) is 8.60. The molecule has 0 aromatic carbocycles. The van der Waals surface area contributed by atoms with Gasteiger partial charge in [-0.25, -0.2) is 4.98 Å². The number of anilines is 1. The van der Waals surface area contributed by atoms with Crippen molar-refractivity contribution in [3.8, 4) is 0 Å². The van der Waals surface area contributed by atoms with Gasteiger partial charge in [-0.1, -0.05) is 20.8 Å². The Kier molecular flexibility index (Phi) is 1.65. The molecular formula is C10H17N3. The Hall–Kier alpha value is -0.990. The maximum absolute atomic E-state index is 6.03. The highest BCUT2D eigenvalue weighted by atomic mass is 15.2. The highest BCUT2D eigenvalue weighted by Gasteiger charge is 2.29. The van der Waals surface area contributed by atoms with E-state index in [0.29, 0.717) is 6.04 Å². The van der Waals surface area contributed by atoms with E-state index in [1.54, 1.807) is 0 Å². The summed E-state index contributed by atoms with van der Waals surface area (Å²) in [6.45, 7) is 6.43. The van der Waals surface area contributed by atoms with Gasteiger partial charge in [0.1, 0.15) is 5.82 Å². The van der Waals surface area contributed by atoms with Gasteiger partial charge in [0.15, 0.2) is 0 Å². The number of hydrogen-bond donors (Lipinski definition) is 1. The van der Waals surface area contributed by atoms with Crippen molar-refractivity contribution in [3.05, 3.63) is 12.0 Å². The molecule has 13 heavy (non-hydrogen) atoms. The van der Waals surface area contributed by atoms with Crippen molar-refractivity contribution in [2.45, 2.75) is 45.1 Å². The molecule has 3 heteroatoms. The van der Waals surface area contributed by atoms with Crippen molar-refractivity contribution in [1.82, 2.24) is 9.55 Å². The Balaban J connectivity index is 2.38. The summed E-state index contributed by atoms with van der Waals surface area (Å²) in [5.74, 6) is 0.856. The number of imidazole rings is 1. The fourth-order valence-electron chi connectivity index (χ4n) is 1.59. The molecule has 3 nitrogen and oxygen atoms in total.